The molecule has 0 aliphatic rings. The first-order chi connectivity index (χ1) is 9.38. The minimum absolute atomic E-state index is 0.0204. The van der Waals surface area contributed by atoms with Crippen molar-refractivity contribution in [1.29, 1.82) is 0 Å². The van der Waals surface area contributed by atoms with Crippen LogP contribution in [-0.4, -0.2) is 29.7 Å². The molecule has 0 atom stereocenters. The molecule has 0 saturated carbocycles. The van der Waals surface area contributed by atoms with Crippen molar-refractivity contribution in [2.45, 2.75) is 11.3 Å². The monoisotopic (exact) mass is 334 g/mol. The Kier molecular flexibility index (Phi) is 4.64. The van der Waals surface area contributed by atoms with Crippen LogP contribution in [0.2, 0.25) is 10.2 Å². The normalized spacial score (nSPS) is 11.8. The zero-order valence-electron chi connectivity index (χ0n) is 10.5. The van der Waals surface area contributed by atoms with Crippen molar-refractivity contribution in [3.63, 3.8) is 0 Å². The van der Waals surface area contributed by atoms with Crippen LogP contribution in [0.4, 0.5) is 0 Å². The van der Waals surface area contributed by atoms with E-state index in [1.165, 1.54) is 6.07 Å². The summed E-state index contributed by atoms with van der Waals surface area (Å²) in [5, 5.41) is 4.32. The van der Waals surface area contributed by atoms with E-state index in [-0.39, 0.29) is 21.6 Å². The third-order valence-electron chi connectivity index (χ3n) is 2.52. The second-order valence-corrected chi connectivity index (χ2v) is 6.60. The number of nitrogens with zero attached hydrogens (tertiary/aromatic N) is 3. The Morgan fingerprint density at radius 3 is 2.75 bits per heavy atom. The first kappa shape index (κ1) is 15.2. The van der Waals surface area contributed by atoms with Crippen molar-refractivity contribution in [3.05, 3.63) is 40.4 Å². The standard InChI is InChI=1S/C11H12Cl2N4O2S/c1-17-5-3-8(16-17)2-4-15-20(18,19)9-6-10(12)11(13)14-7-9/h3,5-7,15H,2,4H2,1H3. The molecule has 0 aliphatic heterocycles. The zero-order chi connectivity index (χ0) is 14.8. The lowest BCUT2D eigenvalue weighted by Crippen LogP contribution is -2.26. The number of sulfonamides is 1. The van der Waals surface area contributed by atoms with Gasteiger partial charge in [0, 0.05) is 32.4 Å². The fourth-order valence-corrected chi connectivity index (χ4v) is 2.88. The van der Waals surface area contributed by atoms with Crippen LogP contribution in [0.15, 0.2) is 29.4 Å². The molecule has 2 heterocycles. The lowest BCUT2D eigenvalue weighted by molar-refractivity contribution is 0.580. The fraction of sp³-hybridized carbons (Fsp3) is 0.273. The number of nitrogens with one attached hydrogen (secondary N) is 1. The number of aromatic nitrogens is 3. The van der Waals surface area contributed by atoms with Crippen LogP contribution < -0.4 is 4.72 Å². The van der Waals surface area contributed by atoms with E-state index >= 15 is 0 Å². The first-order valence-electron chi connectivity index (χ1n) is 5.68. The Balaban J connectivity index is 2.02. The quantitative estimate of drug-likeness (QED) is 0.843. The largest absolute Gasteiger partial charge is 0.276 e. The van der Waals surface area contributed by atoms with Crippen LogP contribution in [0, 0.1) is 0 Å². The summed E-state index contributed by atoms with van der Waals surface area (Å²) in [5.41, 5.74) is 0.808. The summed E-state index contributed by atoms with van der Waals surface area (Å²) in [4.78, 5) is 3.69. The molecule has 0 saturated heterocycles. The molecule has 0 unspecified atom stereocenters. The van der Waals surface area contributed by atoms with Gasteiger partial charge in [-0.2, -0.15) is 5.10 Å². The van der Waals surface area contributed by atoms with Crippen LogP contribution in [0.5, 0.6) is 0 Å². The molecule has 0 spiro atoms. The number of hydrogen-bond donors (Lipinski definition) is 1. The Labute approximate surface area is 126 Å². The predicted molar refractivity (Wildman–Crippen MR) is 76.4 cm³/mol. The first-order valence-corrected chi connectivity index (χ1v) is 7.91. The van der Waals surface area contributed by atoms with Crippen molar-refractivity contribution in [1.82, 2.24) is 19.5 Å². The molecular formula is C11H12Cl2N4O2S. The molecule has 2 rings (SSSR count). The van der Waals surface area contributed by atoms with Crippen LogP contribution in [0.1, 0.15) is 5.69 Å². The van der Waals surface area contributed by atoms with Gasteiger partial charge >= 0.3 is 0 Å². The average Bonchev–Trinajstić information content (AvgIpc) is 2.78. The number of aryl methyl sites for hydroxylation is 1. The van der Waals surface area contributed by atoms with Gasteiger partial charge in [-0.15, -0.1) is 0 Å². The van der Waals surface area contributed by atoms with Gasteiger partial charge in [0.2, 0.25) is 10.0 Å². The molecule has 20 heavy (non-hydrogen) atoms. The maximum atomic E-state index is 12.0. The van der Waals surface area contributed by atoms with Gasteiger partial charge in [0.05, 0.1) is 10.7 Å². The van der Waals surface area contributed by atoms with Crippen molar-refractivity contribution >= 4 is 33.2 Å². The number of pyridine rings is 1. The van der Waals surface area contributed by atoms with Gasteiger partial charge in [0.25, 0.3) is 0 Å². The maximum absolute atomic E-state index is 12.0. The summed E-state index contributed by atoms with van der Waals surface area (Å²) in [6, 6.07) is 3.09. The second-order valence-electron chi connectivity index (χ2n) is 4.07. The lowest BCUT2D eigenvalue weighted by atomic mass is 10.3. The highest BCUT2D eigenvalue weighted by Gasteiger charge is 2.15. The van der Waals surface area contributed by atoms with E-state index < -0.39 is 10.0 Å². The molecule has 6 nitrogen and oxygen atoms in total. The van der Waals surface area contributed by atoms with Crippen LogP contribution in [0.25, 0.3) is 0 Å². The fourth-order valence-electron chi connectivity index (χ4n) is 1.54. The molecule has 1 N–H and O–H groups in total. The van der Waals surface area contributed by atoms with Crippen LogP contribution >= 0.6 is 23.2 Å². The topological polar surface area (TPSA) is 76.9 Å². The Bertz CT molecular complexity index is 715. The van der Waals surface area contributed by atoms with Crippen molar-refractivity contribution in [2.24, 2.45) is 7.05 Å². The van der Waals surface area contributed by atoms with Crippen LogP contribution in [-0.2, 0) is 23.5 Å². The minimum atomic E-state index is -3.65. The number of halogens is 2. The molecule has 0 amide bonds. The molecule has 2 aromatic heterocycles. The molecule has 108 valence electrons. The lowest BCUT2D eigenvalue weighted by Gasteiger charge is -2.06. The number of hydrogen-bond acceptors (Lipinski definition) is 4. The van der Waals surface area contributed by atoms with Gasteiger partial charge in [0.15, 0.2) is 0 Å². The molecule has 0 radical (unpaired) electrons. The SMILES string of the molecule is Cn1ccc(CCNS(=O)(=O)c2cnc(Cl)c(Cl)c2)n1. The predicted octanol–water partition coefficient (Wildman–Crippen LogP) is 1.64. The van der Waals surface area contributed by atoms with E-state index in [4.69, 9.17) is 23.2 Å². The summed E-state index contributed by atoms with van der Waals surface area (Å²) in [5.74, 6) is 0. The van der Waals surface area contributed by atoms with E-state index in [0.29, 0.717) is 6.42 Å². The van der Waals surface area contributed by atoms with E-state index in [1.54, 1.807) is 17.9 Å². The molecule has 2 aromatic rings. The molecular weight excluding hydrogens is 323 g/mol. The molecule has 0 aromatic carbocycles. The highest BCUT2D eigenvalue weighted by molar-refractivity contribution is 7.89. The van der Waals surface area contributed by atoms with E-state index in [2.05, 4.69) is 14.8 Å². The van der Waals surface area contributed by atoms with Crippen molar-refractivity contribution in [2.75, 3.05) is 6.54 Å². The van der Waals surface area contributed by atoms with Gasteiger partial charge in [-0.05, 0) is 12.1 Å². The van der Waals surface area contributed by atoms with Gasteiger partial charge in [-0.1, -0.05) is 23.2 Å². The zero-order valence-corrected chi connectivity index (χ0v) is 12.9. The van der Waals surface area contributed by atoms with Gasteiger partial charge in [-0.3, -0.25) is 4.68 Å². The summed E-state index contributed by atoms with van der Waals surface area (Å²) in [6.07, 6.45) is 3.46. The molecule has 0 bridgehead atoms. The average molecular weight is 335 g/mol. The molecule has 0 fully saturated rings. The minimum Gasteiger partial charge on any atom is -0.276 e. The Hall–Kier alpha value is -1.15. The maximum Gasteiger partial charge on any atom is 0.242 e. The van der Waals surface area contributed by atoms with E-state index in [9.17, 15) is 8.42 Å². The van der Waals surface area contributed by atoms with Crippen molar-refractivity contribution < 1.29 is 8.42 Å². The van der Waals surface area contributed by atoms with E-state index in [1.807, 2.05) is 6.07 Å². The van der Waals surface area contributed by atoms with Gasteiger partial charge in [0.1, 0.15) is 10.0 Å². The van der Waals surface area contributed by atoms with Crippen LogP contribution in [0.3, 0.4) is 0 Å². The summed E-state index contributed by atoms with van der Waals surface area (Å²) in [6.45, 7) is 0.236. The number of rotatable bonds is 5. The Morgan fingerprint density at radius 2 is 2.15 bits per heavy atom. The van der Waals surface area contributed by atoms with Gasteiger partial charge < -0.3 is 0 Å². The van der Waals surface area contributed by atoms with Crippen molar-refractivity contribution in [3.8, 4) is 0 Å². The van der Waals surface area contributed by atoms with Gasteiger partial charge in [-0.25, -0.2) is 18.1 Å². The molecule has 9 heteroatoms. The highest BCUT2D eigenvalue weighted by Crippen LogP contribution is 2.21. The molecule has 0 aliphatic carbocycles. The summed E-state index contributed by atoms with van der Waals surface area (Å²) in [7, 11) is -1.85. The second kappa shape index (κ2) is 6.09. The van der Waals surface area contributed by atoms with E-state index in [0.717, 1.165) is 11.9 Å². The summed E-state index contributed by atoms with van der Waals surface area (Å²) < 4.78 is 28.1. The Morgan fingerprint density at radius 1 is 1.40 bits per heavy atom. The third-order valence-corrected chi connectivity index (χ3v) is 4.64. The highest BCUT2D eigenvalue weighted by atomic mass is 35.5. The summed E-state index contributed by atoms with van der Waals surface area (Å²) >= 11 is 11.4. The third kappa shape index (κ3) is 3.69. The smallest absolute Gasteiger partial charge is 0.242 e.